The van der Waals surface area contributed by atoms with E-state index in [0.717, 1.165) is 19.1 Å². The summed E-state index contributed by atoms with van der Waals surface area (Å²) >= 11 is 0. The summed E-state index contributed by atoms with van der Waals surface area (Å²) in [5, 5.41) is 4.48. The lowest BCUT2D eigenvalue weighted by Gasteiger charge is -2.28. The number of likely N-dealkylation sites (tertiary alicyclic amines) is 2. The van der Waals surface area contributed by atoms with Gasteiger partial charge in [-0.1, -0.05) is 0 Å². The van der Waals surface area contributed by atoms with Crippen LogP contribution >= 0.6 is 0 Å². The molecule has 1 aromatic heterocycles. The molecule has 0 bridgehead atoms. The zero-order chi connectivity index (χ0) is 14.8. The Hall–Kier alpha value is -0.910. The second-order valence-electron chi connectivity index (χ2n) is 6.78. The molecule has 118 valence electrons. The predicted molar refractivity (Wildman–Crippen MR) is 85.2 cm³/mol. The minimum Gasteiger partial charge on any atom is -0.329 e. The summed E-state index contributed by atoms with van der Waals surface area (Å²) in [7, 11) is 0. The maximum Gasteiger partial charge on any atom is 0.0538 e. The maximum atomic E-state index is 6.08. The van der Waals surface area contributed by atoms with Crippen LogP contribution in [0.2, 0.25) is 0 Å². The molecule has 2 aliphatic heterocycles. The topological polar surface area (TPSA) is 50.3 Å². The van der Waals surface area contributed by atoms with Crippen LogP contribution in [-0.2, 0) is 0 Å². The summed E-state index contributed by atoms with van der Waals surface area (Å²) in [6.07, 6.45) is 8.21. The average Bonchev–Trinajstić information content (AvgIpc) is 3.21. The SMILES string of the molecule is CC(C)n1cc(C(CN)N2CCC(N3CCCC3)C2)cn1. The molecule has 2 unspecified atom stereocenters. The van der Waals surface area contributed by atoms with Crippen molar-refractivity contribution in [1.82, 2.24) is 19.6 Å². The molecule has 0 aromatic carbocycles. The number of aromatic nitrogens is 2. The van der Waals surface area contributed by atoms with E-state index in [4.69, 9.17) is 5.73 Å². The van der Waals surface area contributed by atoms with E-state index in [1.807, 2.05) is 10.9 Å². The maximum absolute atomic E-state index is 6.08. The van der Waals surface area contributed by atoms with Gasteiger partial charge in [-0.2, -0.15) is 5.10 Å². The summed E-state index contributed by atoms with van der Waals surface area (Å²) in [6, 6.07) is 1.47. The molecule has 5 heteroatoms. The molecule has 1 aromatic rings. The highest BCUT2D eigenvalue weighted by molar-refractivity contribution is 5.12. The Morgan fingerprint density at radius 1 is 1.29 bits per heavy atom. The number of nitrogens with two attached hydrogens (primary N) is 1. The molecule has 2 saturated heterocycles. The van der Waals surface area contributed by atoms with E-state index >= 15 is 0 Å². The van der Waals surface area contributed by atoms with Crippen molar-refractivity contribution in [1.29, 1.82) is 0 Å². The van der Waals surface area contributed by atoms with Crippen LogP contribution in [0.4, 0.5) is 0 Å². The second-order valence-corrected chi connectivity index (χ2v) is 6.78. The molecule has 2 fully saturated rings. The van der Waals surface area contributed by atoms with Crippen molar-refractivity contribution in [2.75, 3.05) is 32.7 Å². The van der Waals surface area contributed by atoms with E-state index in [1.165, 1.54) is 37.9 Å². The smallest absolute Gasteiger partial charge is 0.0538 e. The zero-order valence-corrected chi connectivity index (χ0v) is 13.4. The summed E-state index contributed by atoms with van der Waals surface area (Å²) in [4.78, 5) is 5.23. The van der Waals surface area contributed by atoms with Crippen LogP contribution in [0.5, 0.6) is 0 Å². The molecule has 0 saturated carbocycles. The lowest BCUT2D eigenvalue weighted by atomic mass is 10.1. The fraction of sp³-hybridized carbons (Fsp3) is 0.812. The minimum atomic E-state index is 0.324. The highest BCUT2D eigenvalue weighted by Gasteiger charge is 2.33. The van der Waals surface area contributed by atoms with Crippen molar-refractivity contribution in [2.24, 2.45) is 5.73 Å². The van der Waals surface area contributed by atoms with Crippen molar-refractivity contribution >= 4 is 0 Å². The summed E-state index contributed by atoms with van der Waals surface area (Å²) in [5.41, 5.74) is 7.35. The average molecular weight is 291 g/mol. The lowest BCUT2D eigenvalue weighted by Crippen LogP contribution is -2.37. The molecule has 2 atom stereocenters. The van der Waals surface area contributed by atoms with Gasteiger partial charge in [-0.25, -0.2) is 0 Å². The fourth-order valence-corrected chi connectivity index (χ4v) is 3.76. The van der Waals surface area contributed by atoms with Gasteiger partial charge < -0.3 is 5.73 Å². The van der Waals surface area contributed by atoms with E-state index in [-0.39, 0.29) is 0 Å². The van der Waals surface area contributed by atoms with Gasteiger partial charge in [-0.15, -0.1) is 0 Å². The monoisotopic (exact) mass is 291 g/mol. The first-order chi connectivity index (χ1) is 10.2. The number of rotatable bonds is 5. The third-order valence-electron chi connectivity index (χ3n) is 5.05. The molecule has 0 radical (unpaired) electrons. The Morgan fingerprint density at radius 3 is 2.67 bits per heavy atom. The van der Waals surface area contributed by atoms with Gasteiger partial charge >= 0.3 is 0 Å². The zero-order valence-electron chi connectivity index (χ0n) is 13.4. The Labute approximate surface area is 128 Å². The van der Waals surface area contributed by atoms with E-state index in [1.54, 1.807) is 0 Å². The number of hydrogen-bond acceptors (Lipinski definition) is 4. The number of nitrogens with zero attached hydrogens (tertiary/aromatic N) is 4. The third-order valence-corrected chi connectivity index (χ3v) is 5.05. The molecular formula is C16H29N5. The first-order valence-electron chi connectivity index (χ1n) is 8.41. The van der Waals surface area contributed by atoms with Crippen LogP contribution in [0, 0.1) is 0 Å². The van der Waals surface area contributed by atoms with Crippen molar-refractivity contribution < 1.29 is 0 Å². The quantitative estimate of drug-likeness (QED) is 0.896. The van der Waals surface area contributed by atoms with Crippen molar-refractivity contribution in [3.63, 3.8) is 0 Å². The van der Waals surface area contributed by atoms with Crippen molar-refractivity contribution in [2.45, 2.75) is 51.2 Å². The van der Waals surface area contributed by atoms with E-state index in [0.29, 0.717) is 18.6 Å². The molecule has 3 rings (SSSR count). The van der Waals surface area contributed by atoms with E-state index in [2.05, 4.69) is 34.9 Å². The van der Waals surface area contributed by atoms with Gasteiger partial charge in [0.05, 0.1) is 12.2 Å². The molecule has 3 heterocycles. The van der Waals surface area contributed by atoms with Crippen molar-refractivity contribution in [3.05, 3.63) is 18.0 Å². The Morgan fingerprint density at radius 2 is 2.05 bits per heavy atom. The van der Waals surface area contributed by atoms with Gasteiger partial charge in [0.1, 0.15) is 0 Å². The molecular weight excluding hydrogens is 262 g/mol. The second kappa shape index (κ2) is 6.46. The molecule has 0 amide bonds. The molecule has 5 nitrogen and oxygen atoms in total. The van der Waals surface area contributed by atoms with E-state index in [9.17, 15) is 0 Å². The highest BCUT2D eigenvalue weighted by Crippen LogP contribution is 2.28. The van der Waals surface area contributed by atoms with Crippen LogP contribution in [0.15, 0.2) is 12.4 Å². The van der Waals surface area contributed by atoms with Crippen LogP contribution in [-0.4, -0.2) is 58.3 Å². The van der Waals surface area contributed by atoms with Crippen LogP contribution < -0.4 is 5.73 Å². The molecule has 21 heavy (non-hydrogen) atoms. The minimum absolute atomic E-state index is 0.324. The van der Waals surface area contributed by atoms with Gasteiger partial charge in [-0.05, 0) is 46.2 Å². The van der Waals surface area contributed by atoms with Crippen LogP contribution in [0.25, 0.3) is 0 Å². The van der Waals surface area contributed by atoms with Crippen LogP contribution in [0.1, 0.15) is 50.8 Å². The Bertz CT molecular complexity index is 449. The first-order valence-corrected chi connectivity index (χ1v) is 8.41. The normalized spacial score (nSPS) is 26.0. The third kappa shape index (κ3) is 3.15. The Kier molecular flexibility index (Phi) is 4.62. The largest absolute Gasteiger partial charge is 0.329 e. The highest BCUT2D eigenvalue weighted by atomic mass is 15.3. The molecule has 2 N–H and O–H groups in total. The van der Waals surface area contributed by atoms with Gasteiger partial charge in [0, 0.05) is 43.5 Å². The summed E-state index contributed by atoms with van der Waals surface area (Å²) in [5.74, 6) is 0. The Balaban J connectivity index is 1.65. The van der Waals surface area contributed by atoms with Gasteiger partial charge in [0.25, 0.3) is 0 Å². The lowest BCUT2D eigenvalue weighted by molar-refractivity contribution is 0.203. The first kappa shape index (κ1) is 15.0. The van der Waals surface area contributed by atoms with E-state index < -0.39 is 0 Å². The summed E-state index contributed by atoms with van der Waals surface area (Å²) < 4.78 is 2.03. The number of hydrogen-bond donors (Lipinski definition) is 1. The van der Waals surface area contributed by atoms with Gasteiger partial charge in [-0.3, -0.25) is 14.5 Å². The molecule has 0 spiro atoms. The predicted octanol–water partition coefficient (Wildman–Crippen LogP) is 1.63. The van der Waals surface area contributed by atoms with Gasteiger partial charge in [0.2, 0.25) is 0 Å². The standard InChI is InChI=1S/C16H29N5/c1-13(2)21-11-14(10-18-21)16(9-17)20-8-5-15(12-20)19-6-3-4-7-19/h10-11,13,15-16H,3-9,12,17H2,1-2H3. The summed E-state index contributed by atoms with van der Waals surface area (Å²) in [6.45, 7) is 9.90. The van der Waals surface area contributed by atoms with Crippen LogP contribution in [0.3, 0.4) is 0 Å². The van der Waals surface area contributed by atoms with Crippen molar-refractivity contribution in [3.8, 4) is 0 Å². The molecule has 2 aliphatic rings. The fourth-order valence-electron chi connectivity index (χ4n) is 3.76. The molecule has 0 aliphatic carbocycles. The van der Waals surface area contributed by atoms with Gasteiger partial charge in [0.15, 0.2) is 0 Å².